The average molecular weight is 382 g/mol. The lowest BCUT2D eigenvalue weighted by Crippen LogP contribution is -2.28. The summed E-state index contributed by atoms with van der Waals surface area (Å²) in [4.78, 5) is 18.4. The Kier molecular flexibility index (Phi) is 6.29. The fraction of sp³-hybridized carbons (Fsp3) is 0.286. The lowest BCUT2D eigenvalue weighted by Gasteiger charge is -2.14. The Morgan fingerprint density at radius 3 is 2.59 bits per heavy atom. The van der Waals surface area contributed by atoms with Gasteiger partial charge in [0.15, 0.2) is 0 Å². The van der Waals surface area contributed by atoms with Crippen molar-refractivity contribution >= 4 is 17.7 Å². The second-order valence-corrected chi connectivity index (χ2v) is 7.60. The Balaban J connectivity index is 1.51. The van der Waals surface area contributed by atoms with Crippen molar-refractivity contribution < 1.29 is 9.32 Å². The van der Waals surface area contributed by atoms with Crippen LogP contribution in [0.3, 0.4) is 0 Å². The number of thioether (sulfide) groups is 1. The highest BCUT2D eigenvalue weighted by atomic mass is 32.2. The van der Waals surface area contributed by atoms with Gasteiger partial charge in [-0.25, -0.2) is 0 Å². The van der Waals surface area contributed by atoms with Crippen LogP contribution in [0.15, 0.2) is 53.1 Å². The van der Waals surface area contributed by atoms with Crippen LogP contribution in [0.25, 0.3) is 11.4 Å². The Bertz CT molecular complexity index is 923. The zero-order chi connectivity index (χ0) is 19.2. The highest BCUT2D eigenvalue weighted by Gasteiger charge is 2.15. The molecule has 6 heteroatoms. The molecule has 0 fully saturated rings. The maximum atomic E-state index is 12.3. The quantitative estimate of drug-likeness (QED) is 0.612. The second-order valence-electron chi connectivity index (χ2n) is 6.61. The number of carbonyl (C=O) groups is 1. The van der Waals surface area contributed by atoms with Gasteiger partial charge in [-0.3, -0.25) is 4.79 Å². The molecular weight excluding hydrogens is 358 g/mol. The molecule has 1 heterocycles. The van der Waals surface area contributed by atoms with E-state index in [1.807, 2.05) is 37.3 Å². The molecular formula is C21H23N3O2S. The van der Waals surface area contributed by atoms with Crippen LogP contribution >= 0.6 is 11.8 Å². The third-order valence-corrected chi connectivity index (χ3v) is 5.11. The van der Waals surface area contributed by atoms with E-state index in [2.05, 4.69) is 35.3 Å². The molecule has 0 aliphatic carbocycles. The van der Waals surface area contributed by atoms with Gasteiger partial charge in [0.2, 0.25) is 17.6 Å². The molecule has 0 aliphatic rings. The van der Waals surface area contributed by atoms with Gasteiger partial charge in [0.05, 0.1) is 12.3 Å². The van der Waals surface area contributed by atoms with E-state index in [1.165, 1.54) is 11.1 Å². The molecule has 0 aliphatic heterocycles. The maximum Gasteiger partial charge on any atom is 0.246 e. The number of hydrogen-bond donors (Lipinski definition) is 0. The van der Waals surface area contributed by atoms with Crippen molar-refractivity contribution in [3.05, 3.63) is 71.1 Å². The van der Waals surface area contributed by atoms with Crippen LogP contribution in [0.5, 0.6) is 0 Å². The first-order valence-corrected chi connectivity index (χ1v) is 9.93. The molecule has 0 radical (unpaired) electrons. The Hall–Kier alpha value is -2.60. The summed E-state index contributed by atoms with van der Waals surface area (Å²) < 4.78 is 5.30. The Labute approximate surface area is 163 Å². The van der Waals surface area contributed by atoms with E-state index >= 15 is 0 Å². The number of amides is 1. The molecule has 0 unspecified atom stereocenters. The van der Waals surface area contributed by atoms with Crippen molar-refractivity contribution in [2.75, 3.05) is 12.8 Å². The summed E-state index contributed by atoms with van der Waals surface area (Å²) in [5.41, 5.74) is 4.51. The molecule has 3 rings (SSSR count). The summed E-state index contributed by atoms with van der Waals surface area (Å²) in [7, 11) is 1.76. The van der Waals surface area contributed by atoms with Crippen molar-refractivity contribution in [3.63, 3.8) is 0 Å². The Morgan fingerprint density at radius 1 is 1.11 bits per heavy atom. The van der Waals surface area contributed by atoms with E-state index in [-0.39, 0.29) is 5.91 Å². The summed E-state index contributed by atoms with van der Waals surface area (Å²) in [6.45, 7) is 4.40. The SMILES string of the molecule is Cc1cccc(CSCC(=O)N(C)Cc2nc(-c3cccc(C)c3)no2)c1. The van der Waals surface area contributed by atoms with Crippen molar-refractivity contribution in [2.24, 2.45) is 0 Å². The molecule has 0 bridgehead atoms. The highest BCUT2D eigenvalue weighted by Crippen LogP contribution is 2.18. The minimum atomic E-state index is 0.0444. The molecule has 0 saturated carbocycles. The van der Waals surface area contributed by atoms with E-state index in [0.29, 0.717) is 24.0 Å². The number of benzene rings is 2. The summed E-state index contributed by atoms with van der Waals surface area (Å²) in [6.07, 6.45) is 0. The molecule has 0 spiro atoms. The molecule has 1 aromatic heterocycles. The van der Waals surface area contributed by atoms with Crippen molar-refractivity contribution in [3.8, 4) is 11.4 Å². The van der Waals surface area contributed by atoms with Crippen LogP contribution in [0, 0.1) is 13.8 Å². The monoisotopic (exact) mass is 381 g/mol. The standard InChI is InChI=1S/C21H23N3O2S/c1-15-6-4-8-17(10-15)13-27-14-20(25)24(3)12-19-22-21(23-26-19)18-9-5-7-16(2)11-18/h4-11H,12-14H2,1-3H3. The van der Waals surface area contributed by atoms with Gasteiger partial charge in [-0.1, -0.05) is 58.7 Å². The van der Waals surface area contributed by atoms with Gasteiger partial charge in [-0.05, 0) is 25.5 Å². The third-order valence-electron chi connectivity index (χ3n) is 4.12. The van der Waals surface area contributed by atoms with E-state index in [1.54, 1.807) is 23.7 Å². The molecule has 0 atom stereocenters. The fourth-order valence-corrected chi connectivity index (χ4v) is 3.59. The normalized spacial score (nSPS) is 10.8. The maximum absolute atomic E-state index is 12.3. The lowest BCUT2D eigenvalue weighted by atomic mass is 10.1. The van der Waals surface area contributed by atoms with Gasteiger partial charge in [0.25, 0.3) is 0 Å². The second kappa shape index (κ2) is 8.86. The van der Waals surface area contributed by atoms with Crippen LogP contribution < -0.4 is 0 Å². The smallest absolute Gasteiger partial charge is 0.246 e. The van der Waals surface area contributed by atoms with E-state index in [9.17, 15) is 4.79 Å². The minimum absolute atomic E-state index is 0.0444. The van der Waals surface area contributed by atoms with E-state index in [4.69, 9.17) is 4.52 Å². The van der Waals surface area contributed by atoms with Crippen LogP contribution in [-0.4, -0.2) is 33.7 Å². The number of carbonyl (C=O) groups excluding carboxylic acids is 1. The van der Waals surface area contributed by atoms with Crippen molar-refractivity contribution in [1.29, 1.82) is 0 Å². The van der Waals surface area contributed by atoms with Crippen LogP contribution in [0.2, 0.25) is 0 Å². The molecule has 2 aromatic carbocycles. The number of aromatic nitrogens is 2. The van der Waals surface area contributed by atoms with Gasteiger partial charge in [0.1, 0.15) is 0 Å². The zero-order valence-corrected chi connectivity index (χ0v) is 16.6. The molecule has 0 N–H and O–H groups in total. The number of hydrogen-bond acceptors (Lipinski definition) is 5. The van der Waals surface area contributed by atoms with Crippen LogP contribution in [0.4, 0.5) is 0 Å². The summed E-state index contributed by atoms with van der Waals surface area (Å²) in [6, 6.07) is 16.3. The lowest BCUT2D eigenvalue weighted by molar-refractivity contribution is -0.127. The zero-order valence-electron chi connectivity index (χ0n) is 15.8. The topological polar surface area (TPSA) is 59.2 Å². The molecule has 1 amide bonds. The van der Waals surface area contributed by atoms with Gasteiger partial charge < -0.3 is 9.42 Å². The summed E-state index contributed by atoms with van der Waals surface area (Å²) in [5.74, 6) is 2.26. The Morgan fingerprint density at radius 2 is 1.85 bits per heavy atom. The largest absolute Gasteiger partial charge is 0.337 e. The van der Waals surface area contributed by atoms with Gasteiger partial charge in [-0.2, -0.15) is 4.98 Å². The average Bonchev–Trinajstić information content (AvgIpc) is 3.10. The highest BCUT2D eigenvalue weighted by molar-refractivity contribution is 7.99. The van der Waals surface area contributed by atoms with Gasteiger partial charge in [0, 0.05) is 18.4 Å². The van der Waals surface area contributed by atoms with Crippen LogP contribution in [-0.2, 0) is 17.1 Å². The van der Waals surface area contributed by atoms with Crippen molar-refractivity contribution in [1.82, 2.24) is 15.0 Å². The fourth-order valence-electron chi connectivity index (χ4n) is 2.68. The molecule has 27 heavy (non-hydrogen) atoms. The van der Waals surface area contributed by atoms with Crippen LogP contribution in [0.1, 0.15) is 22.6 Å². The molecule has 0 saturated heterocycles. The summed E-state index contributed by atoms with van der Waals surface area (Å²) >= 11 is 1.61. The van der Waals surface area contributed by atoms with Gasteiger partial charge >= 0.3 is 0 Å². The first kappa shape index (κ1) is 19.2. The first-order valence-electron chi connectivity index (χ1n) is 8.78. The van der Waals surface area contributed by atoms with E-state index < -0.39 is 0 Å². The minimum Gasteiger partial charge on any atom is -0.337 e. The number of rotatable bonds is 7. The molecule has 140 valence electrons. The third kappa shape index (κ3) is 5.44. The first-order chi connectivity index (χ1) is 13.0. The van der Waals surface area contributed by atoms with Gasteiger partial charge in [-0.15, -0.1) is 11.8 Å². The number of aryl methyl sites for hydroxylation is 2. The van der Waals surface area contributed by atoms with E-state index in [0.717, 1.165) is 16.9 Å². The number of nitrogens with zero attached hydrogens (tertiary/aromatic N) is 3. The molecule has 3 aromatic rings. The molecule has 5 nitrogen and oxygen atoms in total. The predicted molar refractivity (Wildman–Crippen MR) is 108 cm³/mol. The van der Waals surface area contributed by atoms with Crippen molar-refractivity contribution in [2.45, 2.75) is 26.1 Å². The summed E-state index contributed by atoms with van der Waals surface area (Å²) in [5, 5.41) is 4.02. The predicted octanol–water partition coefficient (Wildman–Crippen LogP) is 4.25.